The van der Waals surface area contributed by atoms with Crippen molar-refractivity contribution in [2.24, 2.45) is 0 Å². The van der Waals surface area contributed by atoms with Crippen LogP contribution in [0.3, 0.4) is 0 Å². The number of hydrogen-bond donors (Lipinski definition) is 3. The Morgan fingerprint density at radius 1 is 1.27 bits per heavy atom. The van der Waals surface area contributed by atoms with Crippen LogP contribution in [0.1, 0.15) is 36.5 Å². The number of carbonyl (C=O) groups is 1. The van der Waals surface area contributed by atoms with E-state index < -0.39 is 24.3 Å². The van der Waals surface area contributed by atoms with Gasteiger partial charge in [0, 0.05) is 18.0 Å². The van der Waals surface area contributed by atoms with E-state index in [4.69, 9.17) is 0 Å². The summed E-state index contributed by atoms with van der Waals surface area (Å²) in [5.41, 5.74) is 1.55. The fraction of sp³-hybridized carbons (Fsp3) is 0.250. The zero-order valence-corrected chi connectivity index (χ0v) is 13.9. The molecule has 0 aliphatic carbocycles. The van der Waals surface area contributed by atoms with Gasteiger partial charge in [-0.2, -0.15) is 5.10 Å². The molecule has 3 N–H and O–H groups in total. The number of nitrogens with zero attached hydrogens (tertiary/aromatic N) is 4. The molecule has 0 saturated heterocycles. The molecule has 2 amide bonds. The third-order valence-corrected chi connectivity index (χ3v) is 3.55. The van der Waals surface area contributed by atoms with E-state index >= 15 is 0 Å². The molecule has 3 rings (SSSR count). The molecular formula is C16H16F2N6O2. The highest BCUT2D eigenvalue weighted by atomic mass is 19.3. The lowest BCUT2D eigenvalue weighted by Crippen LogP contribution is -2.22. The summed E-state index contributed by atoms with van der Waals surface area (Å²) in [5.74, 6) is 0. The first-order chi connectivity index (χ1) is 12.3. The molecule has 0 saturated carbocycles. The number of pyridine rings is 1. The van der Waals surface area contributed by atoms with Gasteiger partial charge < -0.3 is 15.7 Å². The van der Waals surface area contributed by atoms with Gasteiger partial charge >= 0.3 is 6.03 Å². The van der Waals surface area contributed by atoms with Crippen LogP contribution in [0.25, 0.3) is 5.65 Å². The SMILES string of the molecule is Cc1cc2ncc(NC(=O)Nc3ccnc(C(F)F)c3)c([C@H](C)O)n2n1. The Morgan fingerprint density at radius 2 is 2.04 bits per heavy atom. The van der Waals surface area contributed by atoms with Crippen LogP contribution < -0.4 is 10.6 Å². The third-order valence-electron chi connectivity index (χ3n) is 3.55. The van der Waals surface area contributed by atoms with Crippen molar-refractivity contribution in [1.82, 2.24) is 19.6 Å². The topological polar surface area (TPSA) is 104 Å². The lowest BCUT2D eigenvalue weighted by atomic mass is 10.2. The highest BCUT2D eigenvalue weighted by molar-refractivity contribution is 6.00. The molecule has 0 aromatic carbocycles. The molecule has 1 atom stereocenters. The number of hydrogen-bond acceptors (Lipinski definition) is 5. The number of anilines is 2. The summed E-state index contributed by atoms with van der Waals surface area (Å²) in [6.45, 7) is 3.32. The molecule has 8 nitrogen and oxygen atoms in total. The Labute approximate surface area is 146 Å². The number of alkyl halides is 2. The van der Waals surface area contributed by atoms with Gasteiger partial charge in [0.1, 0.15) is 5.69 Å². The summed E-state index contributed by atoms with van der Waals surface area (Å²) in [6.07, 6.45) is -1.09. The van der Waals surface area contributed by atoms with Crippen LogP contribution in [-0.4, -0.2) is 30.7 Å². The molecule has 0 fully saturated rings. The third kappa shape index (κ3) is 3.59. The van der Waals surface area contributed by atoms with E-state index in [9.17, 15) is 18.7 Å². The second kappa shape index (κ2) is 7.00. The van der Waals surface area contributed by atoms with Crippen molar-refractivity contribution >= 4 is 23.1 Å². The largest absolute Gasteiger partial charge is 0.387 e. The molecule has 26 heavy (non-hydrogen) atoms. The Balaban J connectivity index is 1.85. The highest BCUT2D eigenvalue weighted by Crippen LogP contribution is 2.24. The number of aliphatic hydroxyl groups excluding tert-OH is 1. The molecule has 0 bridgehead atoms. The van der Waals surface area contributed by atoms with Gasteiger partial charge in [0.2, 0.25) is 0 Å². The minimum Gasteiger partial charge on any atom is -0.387 e. The van der Waals surface area contributed by atoms with Crippen LogP contribution in [0, 0.1) is 6.92 Å². The average Bonchev–Trinajstić information content (AvgIpc) is 2.94. The molecule has 136 valence electrons. The van der Waals surface area contributed by atoms with Crippen molar-refractivity contribution in [2.45, 2.75) is 26.4 Å². The average molecular weight is 362 g/mol. The number of fused-ring (bicyclic) bond motifs is 1. The van der Waals surface area contributed by atoms with E-state index in [0.29, 0.717) is 17.0 Å². The minimum absolute atomic E-state index is 0.162. The Kier molecular flexibility index (Phi) is 4.76. The summed E-state index contributed by atoms with van der Waals surface area (Å²) < 4.78 is 26.8. The van der Waals surface area contributed by atoms with Gasteiger partial charge in [0.25, 0.3) is 6.43 Å². The molecule has 0 aliphatic rings. The van der Waals surface area contributed by atoms with E-state index in [1.807, 2.05) is 0 Å². The summed E-state index contributed by atoms with van der Waals surface area (Å²) >= 11 is 0. The summed E-state index contributed by atoms with van der Waals surface area (Å²) in [7, 11) is 0. The standard InChI is InChI=1S/C16H16F2N6O2/c1-8-5-13-20-7-12(14(9(2)25)24(13)23-8)22-16(26)21-10-3-4-19-11(6-10)15(17)18/h3-7,9,15,25H,1-2H3,(H2,19,21,22,26)/t9-/m0/s1. The van der Waals surface area contributed by atoms with Gasteiger partial charge in [-0.25, -0.2) is 23.1 Å². The molecule has 0 unspecified atom stereocenters. The van der Waals surface area contributed by atoms with Gasteiger partial charge in [-0.05, 0) is 26.0 Å². The number of aryl methyl sites for hydroxylation is 1. The number of aromatic nitrogens is 4. The van der Waals surface area contributed by atoms with Crippen molar-refractivity contribution in [3.05, 3.63) is 47.7 Å². The summed E-state index contributed by atoms with van der Waals surface area (Å²) in [6, 6.07) is 3.53. The summed E-state index contributed by atoms with van der Waals surface area (Å²) in [4.78, 5) is 19.9. The Morgan fingerprint density at radius 3 is 2.73 bits per heavy atom. The number of rotatable bonds is 4. The predicted octanol–water partition coefficient (Wildman–Crippen LogP) is 3.07. The van der Waals surface area contributed by atoms with Gasteiger partial charge in [-0.3, -0.25) is 4.98 Å². The molecule has 3 heterocycles. The molecule has 0 radical (unpaired) electrons. The van der Waals surface area contributed by atoms with Crippen LogP contribution in [-0.2, 0) is 0 Å². The second-order valence-electron chi connectivity index (χ2n) is 5.64. The van der Waals surface area contributed by atoms with Gasteiger partial charge in [-0.1, -0.05) is 0 Å². The van der Waals surface area contributed by atoms with Crippen molar-refractivity contribution < 1.29 is 18.7 Å². The maximum absolute atomic E-state index is 12.7. The molecule has 3 aromatic rings. The quantitative estimate of drug-likeness (QED) is 0.662. The van der Waals surface area contributed by atoms with Crippen LogP contribution in [0.2, 0.25) is 0 Å². The lowest BCUT2D eigenvalue weighted by molar-refractivity contribution is 0.146. The highest BCUT2D eigenvalue weighted by Gasteiger charge is 2.17. The van der Waals surface area contributed by atoms with E-state index in [2.05, 4.69) is 25.7 Å². The fourth-order valence-electron chi connectivity index (χ4n) is 2.49. The van der Waals surface area contributed by atoms with Crippen molar-refractivity contribution in [3.8, 4) is 0 Å². The van der Waals surface area contributed by atoms with E-state index in [1.54, 1.807) is 13.0 Å². The monoisotopic (exact) mass is 362 g/mol. The van der Waals surface area contributed by atoms with Crippen molar-refractivity contribution in [3.63, 3.8) is 0 Å². The van der Waals surface area contributed by atoms with Crippen LogP contribution >= 0.6 is 0 Å². The van der Waals surface area contributed by atoms with Crippen LogP contribution in [0.4, 0.5) is 25.0 Å². The number of carbonyl (C=O) groups excluding carboxylic acids is 1. The zero-order valence-electron chi connectivity index (χ0n) is 13.9. The number of urea groups is 1. The van der Waals surface area contributed by atoms with E-state index in [0.717, 1.165) is 6.07 Å². The Hall–Kier alpha value is -3.14. The van der Waals surface area contributed by atoms with E-state index in [-0.39, 0.29) is 11.4 Å². The number of halogens is 2. The van der Waals surface area contributed by atoms with Crippen molar-refractivity contribution in [1.29, 1.82) is 0 Å². The van der Waals surface area contributed by atoms with Gasteiger partial charge in [0.05, 0.1) is 29.4 Å². The Bertz CT molecular complexity index is 957. The smallest absolute Gasteiger partial charge is 0.323 e. The number of aliphatic hydroxyl groups is 1. The lowest BCUT2D eigenvalue weighted by Gasteiger charge is -2.15. The second-order valence-corrected chi connectivity index (χ2v) is 5.64. The minimum atomic E-state index is -2.74. The van der Waals surface area contributed by atoms with Crippen LogP contribution in [0.15, 0.2) is 30.6 Å². The maximum atomic E-state index is 12.7. The molecule has 0 spiro atoms. The number of amides is 2. The van der Waals surface area contributed by atoms with Gasteiger partial charge in [0.15, 0.2) is 5.65 Å². The summed E-state index contributed by atoms with van der Waals surface area (Å²) in [5, 5.41) is 19.3. The first kappa shape index (κ1) is 17.7. The molecule has 3 aromatic heterocycles. The van der Waals surface area contributed by atoms with Gasteiger partial charge in [-0.15, -0.1) is 0 Å². The fourth-order valence-corrected chi connectivity index (χ4v) is 2.49. The zero-order chi connectivity index (χ0) is 18.8. The van der Waals surface area contributed by atoms with Crippen LogP contribution in [0.5, 0.6) is 0 Å². The van der Waals surface area contributed by atoms with Crippen molar-refractivity contribution in [2.75, 3.05) is 10.6 Å². The molecule has 0 aliphatic heterocycles. The molecule has 10 heteroatoms. The normalized spacial score (nSPS) is 12.4. The first-order valence-corrected chi connectivity index (χ1v) is 7.70. The number of nitrogens with one attached hydrogen (secondary N) is 2. The maximum Gasteiger partial charge on any atom is 0.323 e. The predicted molar refractivity (Wildman–Crippen MR) is 90.2 cm³/mol. The first-order valence-electron chi connectivity index (χ1n) is 7.70. The van der Waals surface area contributed by atoms with E-state index in [1.165, 1.54) is 29.9 Å². The molecular weight excluding hydrogens is 346 g/mol.